The molecule has 0 radical (unpaired) electrons. The van der Waals surface area contributed by atoms with Crippen LogP contribution in [0.3, 0.4) is 0 Å². The fourth-order valence-electron chi connectivity index (χ4n) is 2.35. The Kier molecular flexibility index (Phi) is 4.94. The Morgan fingerprint density at radius 2 is 2.15 bits per heavy atom. The second-order valence-electron chi connectivity index (χ2n) is 4.93. The van der Waals surface area contributed by atoms with Gasteiger partial charge in [0.25, 0.3) is 0 Å². The molecule has 0 saturated carbocycles. The Morgan fingerprint density at radius 3 is 2.70 bits per heavy atom. The molecule has 0 aromatic carbocycles. The van der Waals surface area contributed by atoms with Crippen LogP contribution in [0.25, 0.3) is 0 Å². The van der Waals surface area contributed by atoms with Crippen molar-refractivity contribution >= 4 is 15.9 Å². The van der Waals surface area contributed by atoms with Crippen LogP contribution in [0, 0.1) is 6.92 Å². The van der Waals surface area contributed by atoms with Gasteiger partial charge in [-0.25, -0.2) is 0 Å². The number of aryl methyl sites for hydroxylation is 3. The van der Waals surface area contributed by atoms with Crippen molar-refractivity contribution < 1.29 is 0 Å². The van der Waals surface area contributed by atoms with Crippen LogP contribution >= 0.6 is 15.9 Å². The summed E-state index contributed by atoms with van der Waals surface area (Å²) in [7, 11) is 3.97. The van der Waals surface area contributed by atoms with Crippen molar-refractivity contribution in [3.05, 3.63) is 45.4 Å². The van der Waals surface area contributed by atoms with Gasteiger partial charge in [-0.05, 0) is 48.5 Å². The van der Waals surface area contributed by atoms with Gasteiger partial charge in [0, 0.05) is 19.2 Å². The summed E-state index contributed by atoms with van der Waals surface area (Å²) in [5.74, 6) is 0. The molecule has 1 N–H and O–H groups in total. The first-order chi connectivity index (χ1) is 9.56. The zero-order valence-corrected chi connectivity index (χ0v) is 14.0. The van der Waals surface area contributed by atoms with Crippen molar-refractivity contribution in [1.29, 1.82) is 0 Å². The van der Waals surface area contributed by atoms with Gasteiger partial charge in [-0.3, -0.25) is 9.67 Å². The summed E-state index contributed by atoms with van der Waals surface area (Å²) in [5.41, 5.74) is 4.42. The van der Waals surface area contributed by atoms with Gasteiger partial charge in [0.15, 0.2) is 0 Å². The van der Waals surface area contributed by atoms with Crippen LogP contribution in [-0.2, 0) is 19.9 Å². The van der Waals surface area contributed by atoms with Gasteiger partial charge in [-0.1, -0.05) is 13.0 Å². The average molecular weight is 337 g/mol. The number of rotatable bonds is 5. The SMILES string of the molecule is CCc1nn(C)c(CC(NC)c2cccc(C)n2)c1Br. The topological polar surface area (TPSA) is 42.7 Å². The van der Waals surface area contributed by atoms with Crippen molar-refractivity contribution in [1.82, 2.24) is 20.1 Å². The third kappa shape index (κ3) is 3.10. The number of aromatic nitrogens is 3. The number of hydrogen-bond donors (Lipinski definition) is 1. The summed E-state index contributed by atoms with van der Waals surface area (Å²) in [6.07, 6.45) is 1.79. The van der Waals surface area contributed by atoms with Crippen LogP contribution in [0.5, 0.6) is 0 Å². The Balaban J connectivity index is 2.29. The third-order valence-corrected chi connectivity index (χ3v) is 4.43. The highest BCUT2D eigenvalue weighted by Crippen LogP contribution is 2.26. The molecule has 4 nitrogen and oxygen atoms in total. The number of halogens is 1. The lowest BCUT2D eigenvalue weighted by Crippen LogP contribution is -2.21. The zero-order valence-electron chi connectivity index (χ0n) is 12.4. The van der Waals surface area contributed by atoms with E-state index < -0.39 is 0 Å². The van der Waals surface area contributed by atoms with E-state index in [4.69, 9.17) is 0 Å². The number of pyridine rings is 1. The standard InChI is InChI=1S/C15H21BrN4/c1-5-11-15(16)14(20(4)19-11)9-13(17-3)12-8-6-7-10(2)18-12/h6-8,13,17H,5,9H2,1-4H3. The Bertz CT molecular complexity index is 592. The molecule has 20 heavy (non-hydrogen) atoms. The van der Waals surface area contributed by atoms with Crippen LogP contribution in [0.4, 0.5) is 0 Å². The van der Waals surface area contributed by atoms with Gasteiger partial charge in [0.1, 0.15) is 0 Å². The molecule has 0 aliphatic heterocycles. The van der Waals surface area contributed by atoms with E-state index in [1.807, 2.05) is 31.8 Å². The minimum atomic E-state index is 0.186. The third-order valence-electron chi connectivity index (χ3n) is 3.52. The first kappa shape index (κ1) is 15.2. The molecule has 0 aliphatic carbocycles. The molecule has 0 fully saturated rings. The summed E-state index contributed by atoms with van der Waals surface area (Å²) in [6, 6.07) is 6.33. The van der Waals surface area contributed by atoms with Crippen molar-refractivity contribution in [3.63, 3.8) is 0 Å². The van der Waals surface area contributed by atoms with Gasteiger partial charge in [-0.15, -0.1) is 0 Å². The van der Waals surface area contributed by atoms with Crippen LogP contribution in [0.2, 0.25) is 0 Å². The molecular weight excluding hydrogens is 316 g/mol. The molecule has 0 bridgehead atoms. The molecule has 0 amide bonds. The normalized spacial score (nSPS) is 12.7. The first-order valence-corrected chi connectivity index (χ1v) is 7.67. The highest BCUT2D eigenvalue weighted by Gasteiger charge is 2.18. The first-order valence-electron chi connectivity index (χ1n) is 6.87. The molecule has 2 heterocycles. The van der Waals surface area contributed by atoms with E-state index in [0.717, 1.165) is 34.4 Å². The predicted molar refractivity (Wildman–Crippen MR) is 84.8 cm³/mol. The van der Waals surface area contributed by atoms with Crippen LogP contribution < -0.4 is 5.32 Å². The number of likely N-dealkylation sites (N-methyl/N-ethyl adjacent to an activating group) is 1. The molecule has 0 aliphatic rings. The summed E-state index contributed by atoms with van der Waals surface area (Å²) < 4.78 is 3.08. The monoisotopic (exact) mass is 336 g/mol. The maximum atomic E-state index is 4.62. The minimum absolute atomic E-state index is 0.186. The smallest absolute Gasteiger partial charge is 0.0766 e. The van der Waals surface area contributed by atoms with Crippen molar-refractivity contribution in [2.24, 2.45) is 7.05 Å². The molecule has 0 saturated heterocycles. The lowest BCUT2D eigenvalue weighted by Gasteiger charge is -2.16. The van der Waals surface area contributed by atoms with Crippen molar-refractivity contribution in [3.8, 4) is 0 Å². The van der Waals surface area contributed by atoms with Crippen LogP contribution in [0.1, 0.15) is 35.7 Å². The van der Waals surface area contributed by atoms with E-state index in [2.05, 4.69) is 50.4 Å². The Hall–Kier alpha value is -1.20. The maximum absolute atomic E-state index is 4.62. The molecular formula is C15H21BrN4. The number of hydrogen-bond acceptors (Lipinski definition) is 3. The van der Waals surface area contributed by atoms with Gasteiger partial charge in [0.05, 0.1) is 27.6 Å². The summed E-state index contributed by atoms with van der Waals surface area (Å²) in [6.45, 7) is 4.14. The summed E-state index contributed by atoms with van der Waals surface area (Å²) >= 11 is 3.68. The lowest BCUT2D eigenvalue weighted by molar-refractivity contribution is 0.546. The molecule has 0 spiro atoms. The van der Waals surface area contributed by atoms with Gasteiger partial charge in [0.2, 0.25) is 0 Å². The molecule has 1 unspecified atom stereocenters. The lowest BCUT2D eigenvalue weighted by atomic mass is 10.1. The molecule has 1 atom stereocenters. The second-order valence-corrected chi connectivity index (χ2v) is 5.73. The van der Waals surface area contributed by atoms with Gasteiger partial charge in [-0.2, -0.15) is 5.10 Å². The van der Waals surface area contributed by atoms with E-state index in [-0.39, 0.29) is 6.04 Å². The minimum Gasteiger partial charge on any atom is -0.311 e. The van der Waals surface area contributed by atoms with Crippen LogP contribution in [-0.4, -0.2) is 21.8 Å². The summed E-state index contributed by atoms with van der Waals surface area (Å²) in [4.78, 5) is 4.62. The van der Waals surface area contributed by atoms with E-state index in [1.54, 1.807) is 0 Å². The highest BCUT2D eigenvalue weighted by atomic mass is 79.9. The molecule has 5 heteroatoms. The second kappa shape index (κ2) is 6.50. The van der Waals surface area contributed by atoms with Crippen molar-refractivity contribution in [2.45, 2.75) is 32.7 Å². The molecule has 2 rings (SSSR count). The average Bonchev–Trinajstić information content (AvgIpc) is 2.71. The maximum Gasteiger partial charge on any atom is 0.0766 e. The highest BCUT2D eigenvalue weighted by molar-refractivity contribution is 9.10. The Labute approximate surface area is 128 Å². The molecule has 108 valence electrons. The quantitative estimate of drug-likeness (QED) is 0.912. The molecule has 2 aromatic rings. The number of nitrogens with one attached hydrogen (secondary N) is 1. The van der Waals surface area contributed by atoms with Gasteiger partial charge >= 0.3 is 0 Å². The number of nitrogens with zero attached hydrogens (tertiary/aromatic N) is 3. The van der Waals surface area contributed by atoms with E-state index in [1.165, 1.54) is 5.69 Å². The van der Waals surface area contributed by atoms with E-state index >= 15 is 0 Å². The van der Waals surface area contributed by atoms with E-state index in [0.29, 0.717) is 0 Å². The van der Waals surface area contributed by atoms with Crippen molar-refractivity contribution in [2.75, 3.05) is 7.05 Å². The zero-order chi connectivity index (χ0) is 14.7. The Morgan fingerprint density at radius 1 is 1.40 bits per heavy atom. The van der Waals surface area contributed by atoms with Crippen LogP contribution in [0.15, 0.2) is 22.7 Å². The summed E-state index contributed by atoms with van der Waals surface area (Å²) in [5, 5.41) is 7.90. The molecule has 2 aromatic heterocycles. The fraction of sp³-hybridized carbons (Fsp3) is 0.467. The predicted octanol–water partition coefficient (Wildman–Crippen LogP) is 2.95. The van der Waals surface area contributed by atoms with E-state index in [9.17, 15) is 0 Å². The fourth-order valence-corrected chi connectivity index (χ4v) is 3.13. The largest absolute Gasteiger partial charge is 0.311 e. The van der Waals surface area contributed by atoms with Gasteiger partial charge < -0.3 is 5.32 Å².